The van der Waals surface area contributed by atoms with Crippen molar-refractivity contribution in [3.63, 3.8) is 0 Å². The molecule has 6 heteroatoms. The van der Waals surface area contributed by atoms with Crippen LogP contribution in [0.5, 0.6) is 0 Å². The van der Waals surface area contributed by atoms with Crippen molar-refractivity contribution in [1.82, 2.24) is 9.80 Å². The molecule has 0 saturated carbocycles. The maximum absolute atomic E-state index is 6.01. The number of nitrogens with zero attached hydrogens (tertiary/aromatic N) is 3. The van der Waals surface area contributed by atoms with Crippen molar-refractivity contribution >= 4 is 43.2 Å². The topological polar surface area (TPSA) is 28.1 Å². The molecule has 4 nitrogen and oxygen atoms in total. The molecule has 0 amide bonds. The van der Waals surface area contributed by atoms with Crippen molar-refractivity contribution in [3.05, 3.63) is 33.6 Å². The summed E-state index contributed by atoms with van der Waals surface area (Å²) in [6, 6.07) is 8.53. The summed E-state index contributed by atoms with van der Waals surface area (Å²) in [7, 11) is 2.13. The molecule has 2 saturated heterocycles. The van der Waals surface area contributed by atoms with Gasteiger partial charge >= 0.3 is 0 Å². The normalized spacial score (nSPS) is 33.0. The van der Waals surface area contributed by atoms with Gasteiger partial charge < -0.3 is 9.74 Å². The molecule has 4 heterocycles. The number of benzene rings is 1. The fourth-order valence-corrected chi connectivity index (χ4v) is 5.76. The number of halogens is 1. The molecule has 5 rings (SSSR count). The third-order valence-electron chi connectivity index (χ3n) is 5.25. The molecule has 3 unspecified atom stereocenters. The Morgan fingerprint density at radius 2 is 2.36 bits per heavy atom. The monoisotopic (exact) mass is 377 g/mol. The lowest BCUT2D eigenvalue weighted by molar-refractivity contribution is -0.119. The molecule has 22 heavy (non-hydrogen) atoms. The Labute approximate surface area is 141 Å². The van der Waals surface area contributed by atoms with Crippen LogP contribution in [0.15, 0.2) is 33.9 Å². The number of rotatable bonds is 1. The van der Waals surface area contributed by atoms with Crippen LogP contribution in [0.1, 0.15) is 11.3 Å². The number of amidine groups is 1. The van der Waals surface area contributed by atoms with Crippen molar-refractivity contribution in [3.8, 4) is 0 Å². The minimum atomic E-state index is -0.235. The lowest BCUT2D eigenvalue weighted by Crippen LogP contribution is -2.54. The number of oxime groups is 1. The molecule has 0 N–H and O–H groups in total. The van der Waals surface area contributed by atoms with Gasteiger partial charge in [-0.2, -0.15) is 0 Å². The number of thiophene rings is 1. The van der Waals surface area contributed by atoms with E-state index in [1.807, 2.05) is 0 Å². The molecule has 1 spiro atoms. The minimum absolute atomic E-state index is 0.235. The van der Waals surface area contributed by atoms with Gasteiger partial charge in [0.2, 0.25) is 5.72 Å². The van der Waals surface area contributed by atoms with Crippen LogP contribution in [0.4, 0.5) is 0 Å². The van der Waals surface area contributed by atoms with Gasteiger partial charge in [-0.25, -0.2) is 0 Å². The van der Waals surface area contributed by atoms with Crippen LogP contribution in [-0.4, -0.2) is 48.0 Å². The quantitative estimate of drug-likeness (QED) is 0.762. The first kappa shape index (κ1) is 13.3. The van der Waals surface area contributed by atoms with E-state index in [0.29, 0.717) is 5.92 Å². The summed E-state index contributed by atoms with van der Waals surface area (Å²) in [6.45, 7) is 3.32. The third-order valence-corrected chi connectivity index (χ3v) is 7.36. The summed E-state index contributed by atoms with van der Waals surface area (Å²) in [5.74, 6) is 1.54. The SMILES string of the molecule is CN1C(c2cc3cccc(Br)c3s2)=NOC12CN1CCC2C1. The Bertz CT molecular complexity index is 804. The summed E-state index contributed by atoms with van der Waals surface area (Å²) in [6.07, 6.45) is 1.21. The van der Waals surface area contributed by atoms with E-state index in [4.69, 9.17) is 4.84 Å². The Morgan fingerprint density at radius 1 is 1.45 bits per heavy atom. The average molecular weight is 378 g/mol. The smallest absolute Gasteiger partial charge is 0.228 e. The lowest BCUT2D eigenvalue weighted by atomic mass is 9.94. The molecule has 3 aliphatic rings. The van der Waals surface area contributed by atoms with Crippen molar-refractivity contribution in [1.29, 1.82) is 0 Å². The summed E-state index contributed by atoms with van der Waals surface area (Å²) < 4.78 is 2.41. The van der Waals surface area contributed by atoms with Gasteiger partial charge in [0.1, 0.15) is 0 Å². The van der Waals surface area contributed by atoms with E-state index in [2.05, 4.69) is 62.2 Å². The van der Waals surface area contributed by atoms with E-state index >= 15 is 0 Å². The van der Waals surface area contributed by atoms with Gasteiger partial charge in [0.15, 0.2) is 5.84 Å². The Balaban J connectivity index is 1.54. The van der Waals surface area contributed by atoms with Crippen LogP contribution < -0.4 is 0 Å². The molecule has 3 atom stereocenters. The minimum Gasteiger partial charge on any atom is -0.363 e. The molecular formula is C16H16BrN3OS. The zero-order chi connectivity index (χ0) is 14.9. The first-order chi connectivity index (χ1) is 10.7. The Hall–Kier alpha value is -1.11. The Kier molecular flexibility index (Phi) is 2.70. The maximum Gasteiger partial charge on any atom is 0.228 e. The molecular weight excluding hydrogens is 362 g/mol. The van der Waals surface area contributed by atoms with E-state index < -0.39 is 0 Å². The van der Waals surface area contributed by atoms with Crippen molar-refractivity contribution < 1.29 is 4.84 Å². The molecule has 0 aliphatic carbocycles. The number of fused-ring (bicyclic) bond motifs is 4. The summed E-state index contributed by atoms with van der Waals surface area (Å²) in [5, 5.41) is 5.73. The molecule has 2 fully saturated rings. The highest BCUT2D eigenvalue weighted by Gasteiger charge is 2.59. The van der Waals surface area contributed by atoms with Crippen molar-refractivity contribution in [2.24, 2.45) is 11.1 Å². The summed E-state index contributed by atoms with van der Waals surface area (Å²) >= 11 is 5.41. The van der Waals surface area contributed by atoms with E-state index in [1.165, 1.54) is 27.9 Å². The van der Waals surface area contributed by atoms with Gasteiger partial charge in [-0.1, -0.05) is 17.3 Å². The summed E-state index contributed by atoms with van der Waals surface area (Å²) in [4.78, 5) is 11.9. The number of likely N-dealkylation sites (N-methyl/N-ethyl adjacent to an activating group) is 1. The van der Waals surface area contributed by atoms with E-state index in [1.54, 1.807) is 11.3 Å². The predicted octanol–water partition coefficient (Wildman–Crippen LogP) is 3.32. The molecule has 2 bridgehead atoms. The largest absolute Gasteiger partial charge is 0.363 e. The standard InChI is InChI=1S/C16H16BrN3OS/c1-19-15(13-7-10-3-2-4-12(17)14(10)22-13)18-21-16(19)9-20-6-5-11(16)8-20/h2-4,7,11H,5-6,8-9H2,1H3. The third kappa shape index (κ3) is 1.63. The van der Waals surface area contributed by atoms with Gasteiger partial charge in [-0.3, -0.25) is 4.90 Å². The van der Waals surface area contributed by atoms with Crippen molar-refractivity contribution in [2.45, 2.75) is 12.1 Å². The molecule has 114 valence electrons. The fourth-order valence-electron chi connectivity index (χ4n) is 4.05. The number of piperidine rings is 1. The summed E-state index contributed by atoms with van der Waals surface area (Å²) in [5.41, 5.74) is -0.235. The highest BCUT2D eigenvalue weighted by atomic mass is 79.9. The second-order valence-corrected chi connectivity index (χ2v) is 8.31. The lowest BCUT2D eigenvalue weighted by Gasteiger charge is -2.37. The van der Waals surface area contributed by atoms with Gasteiger partial charge in [0.25, 0.3) is 0 Å². The van der Waals surface area contributed by atoms with Gasteiger partial charge in [-0.05, 0) is 46.4 Å². The molecule has 2 aromatic rings. The van der Waals surface area contributed by atoms with Gasteiger partial charge in [-0.15, -0.1) is 11.3 Å². The molecule has 1 aromatic heterocycles. The van der Waals surface area contributed by atoms with Crippen LogP contribution in [0.25, 0.3) is 10.1 Å². The number of hydrogen-bond donors (Lipinski definition) is 0. The van der Waals surface area contributed by atoms with E-state index in [9.17, 15) is 0 Å². The van der Waals surface area contributed by atoms with E-state index in [0.717, 1.165) is 23.4 Å². The zero-order valence-corrected chi connectivity index (χ0v) is 14.7. The van der Waals surface area contributed by atoms with Gasteiger partial charge in [0.05, 0.1) is 11.4 Å². The Morgan fingerprint density at radius 3 is 3.09 bits per heavy atom. The van der Waals surface area contributed by atoms with Crippen LogP contribution in [0.3, 0.4) is 0 Å². The predicted molar refractivity (Wildman–Crippen MR) is 92.2 cm³/mol. The zero-order valence-electron chi connectivity index (χ0n) is 12.3. The van der Waals surface area contributed by atoms with Crippen molar-refractivity contribution in [2.75, 3.05) is 26.7 Å². The molecule has 1 aromatic carbocycles. The van der Waals surface area contributed by atoms with Crippen LogP contribution in [0.2, 0.25) is 0 Å². The highest BCUT2D eigenvalue weighted by Crippen LogP contribution is 2.45. The first-order valence-corrected chi connectivity index (χ1v) is 9.19. The second kappa shape index (κ2) is 4.46. The average Bonchev–Trinajstić information content (AvgIpc) is 3.24. The molecule has 3 aliphatic heterocycles. The number of hydrogen-bond acceptors (Lipinski definition) is 5. The van der Waals surface area contributed by atoms with Crippen LogP contribution in [-0.2, 0) is 4.84 Å². The fraction of sp³-hybridized carbons (Fsp3) is 0.438. The van der Waals surface area contributed by atoms with Crippen LogP contribution in [0, 0.1) is 5.92 Å². The second-order valence-electron chi connectivity index (χ2n) is 6.40. The first-order valence-electron chi connectivity index (χ1n) is 7.58. The highest BCUT2D eigenvalue weighted by molar-refractivity contribution is 9.10. The maximum atomic E-state index is 6.01. The molecule has 0 radical (unpaired) electrons. The van der Waals surface area contributed by atoms with E-state index in [-0.39, 0.29) is 5.72 Å². The van der Waals surface area contributed by atoms with Gasteiger partial charge in [0, 0.05) is 28.7 Å². The van der Waals surface area contributed by atoms with Crippen LogP contribution >= 0.6 is 27.3 Å².